The molecule has 7 nitrogen and oxygen atoms in total. The zero-order chi connectivity index (χ0) is 21.6. The number of amides is 3. The van der Waals surface area contributed by atoms with Crippen LogP contribution in [0.25, 0.3) is 0 Å². The molecule has 2 aromatic rings. The van der Waals surface area contributed by atoms with E-state index in [1.165, 1.54) is 10.5 Å². The smallest absolute Gasteiger partial charge is 0.322 e. The molecule has 7 heteroatoms. The lowest BCUT2D eigenvalue weighted by Crippen LogP contribution is -2.52. The van der Waals surface area contributed by atoms with Crippen molar-refractivity contribution < 1.29 is 14.7 Å². The van der Waals surface area contributed by atoms with Gasteiger partial charge in [-0.2, -0.15) is 0 Å². The van der Waals surface area contributed by atoms with Crippen molar-refractivity contribution in [3.8, 4) is 0 Å². The first-order chi connectivity index (χ1) is 15.1. The molecule has 2 fully saturated rings. The van der Waals surface area contributed by atoms with Crippen molar-refractivity contribution in [2.45, 2.75) is 44.0 Å². The highest BCUT2D eigenvalue weighted by Gasteiger charge is 2.39. The van der Waals surface area contributed by atoms with Crippen LogP contribution in [0.2, 0.25) is 0 Å². The van der Waals surface area contributed by atoms with E-state index in [1.54, 1.807) is 12.1 Å². The fourth-order valence-electron chi connectivity index (χ4n) is 4.38. The van der Waals surface area contributed by atoms with Crippen LogP contribution in [0.4, 0.5) is 10.5 Å². The molecule has 2 aliphatic heterocycles. The summed E-state index contributed by atoms with van der Waals surface area (Å²) < 4.78 is 0. The van der Waals surface area contributed by atoms with Gasteiger partial charge in [-0.15, -0.1) is 0 Å². The van der Waals surface area contributed by atoms with E-state index in [4.69, 9.17) is 0 Å². The molecule has 0 unspecified atom stereocenters. The number of rotatable bonds is 5. The second-order valence-electron chi connectivity index (χ2n) is 8.40. The maximum atomic E-state index is 12.9. The molecule has 2 atom stereocenters. The molecule has 0 aliphatic carbocycles. The monoisotopic (exact) mass is 422 g/mol. The number of anilines is 1. The van der Waals surface area contributed by atoms with E-state index >= 15 is 0 Å². The number of β-amino-alcohol motifs (C(OH)–C–C–N with tert-alkyl or cyclic N) is 1. The second-order valence-corrected chi connectivity index (χ2v) is 8.40. The van der Waals surface area contributed by atoms with Gasteiger partial charge < -0.3 is 20.6 Å². The molecular weight excluding hydrogens is 392 g/mol. The number of piperidine rings is 1. The third kappa shape index (κ3) is 5.62. The highest BCUT2D eigenvalue weighted by Crippen LogP contribution is 2.21. The fraction of sp³-hybridized carbons (Fsp3) is 0.417. The number of urea groups is 1. The molecule has 2 aliphatic rings. The van der Waals surface area contributed by atoms with E-state index in [0.717, 1.165) is 32.5 Å². The van der Waals surface area contributed by atoms with E-state index in [0.29, 0.717) is 5.69 Å². The SMILES string of the molecule is O=C(NC1CCN(Cc2ccccc2)CC1)[C@H]1C[C@H](O)CN1C(=O)Nc1ccccc1. The number of likely N-dealkylation sites (tertiary alicyclic amines) is 2. The van der Waals surface area contributed by atoms with Gasteiger partial charge in [-0.25, -0.2) is 4.79 Å². The average molecular weight is 423 g/mol. The molecule has 2 saturated heterocycles. The third-order valence-corrected chi connectivity index (χ3v) is 6.05. The van der Waals surface area contributed by atoms with Gasteiger partial charge >= 0.3 is 6.03 Å². The number of nitrogens with zero attached hydrogens (tertiary/aromatic N) is 2. The van der Waals surface area contributed by atoms with Crippen molar-refractivity contribution in [1.29, 1.82) is 0 Å². The molecule has 0 aromatic heterocycles. The Hall–Kier alpha value is -2.90. The van der Waals surface area contributed by atoms with Gasteiger partial charge in [0.2, 0.25) is 5.91 Å². The summed E-state index contributed by atoms with van der Waals surface area (Å²) in [6.07, 6.45) is 1.33. The summed E-state index contributed by atoms with van der Waals surface area (Å²) in [4.78, 5) is 29.5. The normalized spacial score (nSPS) is 22.3. The van der Waals surface area contributed by atoms with Crippen LogP contribution in [0.5, 0.6) is 0 Å². The van der Waals surface area contributed by atoms with Crippen molar-refractivity contribution >= 4 is 17.6 Å². The molecular formula is C24H30N4O3. The molecule has 2 heterocycles. The van der Waals surface area contributed by atoms with Gasteiger partial charge in [-0.1, -0.05) is 48.5 Å². The van der Waals surface area contributed by atoms with Crippen LogP contribution in [-0.2, 0) is 11.3 Å². The van der Waals surface area contributed by atoms with Crippen LogP contribution in [0.15, 0.2) is 60.7 Å². The Morgan fingerprint density at radius 2 is 1.61 bits per heavy atom. The quantitative estimate of drug-likeness (QED) is 0.691. The molecule has 164 valence electrons. The van der Waals surface area contributed by atoms with Gasteiger partial charge in [0.15, 0.2) is 0 Å². The average Bonchev–Trinajstić information content (AvgIpc) is 3.19. The summed E-state index contributed by atoms with van der Waals surface area (Å²) >= 11 is 0. The molecule has 31 heavy (non-hydrogen) atoms. The van der Waals surface area contributed by atoms with E-state index < -0.39 is 12.1 Å². The largest absolute Gasteiger partial charge is 0.391 e. The minimum Gasteiger partial charge on any atom is -0.391 e. The zero-order valence-electron chi connectivity index (χ0n) is 17.6. The topological polar surface area (TPSA) is 84.9 Å². The zero-order valence-corrected chi connectivity index (χ0v) is 17.6. The van der Waals surface area contributed by atoms with Crippen molar-refractivity contribution in [2.75, 3.05) is 25.0 Å². The predicted molar refractivity (Wildman–Crippen MR) is 119 cm³/mol. The Balaban J connectivity index is 1.28. The first-order valence-corrected chi connectivity index (χ1v) is 11.0. The van der Waals surface area contributed by atoms with Crippen LogP contribution >= 0.6 is 0 Å². The number of aliphatic hydroxyl groups is 1. The lowest BCUT2D eigenvalue weighted by atomic mass is 10.0. The Morgan fingerprint density at radius 3 is 2.29 bits per heavy atom. The fourth-order valence-corrected chi connectivity index (χ4v) is 4.38. The molecule has 2 aromatic carbocycles. The number of nitrogens with one attached hydrogen (secondary N) is 2. The van der Waals surface area contributed by atoms with Crippen LogP contribution in [0.1, 0.15) is 24.8 Å². The van der Waals surface area contributed by atoms with E-state index in [1.807, 2.05) is 24.3 Å². The third-order valence-electron chi connectivity index (χ3n) is 6.05. The van der Waals surface area contributed by atoms with Crippen molar-refractivity contribution in [2.24, 2.45) is 0 Å². The van der Waals surface area contributed by atoms with Crippen molar-refractivity contribution in [3.05, 3.63) is 66.2 Å². The van der Waals surface area contributed by atoms with Crippen molar-refractivity contribution in [1.82, 2.24) is 15.1 Å². The van der Waals surface area contributed by atoms with Crippen LogP contribution in [-0.4, -0.2) is 64.7 Å². The molecule has 3 amide bonds. The summed E-state index contributed by atoms with van der Waals surface area (Å²) in [6, 6.07) is 18.6. The number of aliphatic hydroxyl groups excluding tert-OH is 1. The Kier molecular flexibility index (Phi) is 6.84. The van der Waals surface area contributed by atoms with E-state index in [9.17, 15) is 14.7 Å². The van der Waals surface area contributed by atoms with Crippen LogP contribution < -0.4 is 10.6 Å². The molecule has 0 saturated carbocycles. The first-order valence-electron chi connectivity index (χ1n) is 11.0. The lowest BCUT2D eigenvalue weighted by molar-refractivity contribution is -0.125. The predicted octanol–water partition coefficient (Wildman–Crippen LogP) is 2.43. The van der Waals surface area contributed by atoms with Crippen LogP contribution in [0, 0.1) is 0 Å². The molecule has 0 bridgehead atoms. The van der Waals surface area contributed by atoms with E-state index in [-0.39, 0.29) is 30.9 Å². The molecule has 0 spiro atoms. The molecule has 4 rings (SSSR count). The van der Waals surface area contributed by atoms with Crippen molar-refractivity contribution in [3.63, 3.8) is 0 Å². The summed E-state index contributed by atoms with van der Waals surface area (Å²) in [6.45, 7) is 2.92. The summed E-state index contributed by atoms with van der Waals surface area (Å²) in [7, 11) is 0. The number of hydrogen-bond donors (Lipinski definition) is 3. The highest BCUT2D eigenvalue weighted by atomic mass is 16.3. The van der Waals surface area contributed by atoms with Gasteiger partial charge in [-0.05, 0) is 30.5 Å². The summed E-state index contributed by atoms with van der Waals surface area (Å²) in [5.74, 6) is -0.179. The lowest BCUT2D eigenvalue weighted by Gasteiger charge is -2.33. The van der Waals surface area contributed by atoms with Gasteiger partial charge in [0.1, 0.15) is 6.04 Å². The second kappa shape index (κ2) is 9.94. The minimum atomic E-state index is -0.690. The maximum absolute atomic E-state index is 12.9. The van der Waals surface area contributed by atoms with E-state index in [2.05, 4.69) is 39.8 Å². The highest BCUT2D eigenvalue weighted by molar-refractivity contribution is 5.94. The number of carbonyl (C=O) groups is 2. The molecule has 0 radical (unpaired) electrons. The number of carbonyl (C=O) groups excluding carboxylic acids is 2. The summed E-state index contributed by atoms with van der Waals surface area (Å²) in [5.41, 5.74) is 1.96. The Morgan fingerprint density at radius 1 is 0.968 bits per heavy atom. The summed E-state index contributed by atoms with van der Waals surface area (Å²) in [5, 5.41) is 16.0. The van der Waals surface area contributed by atoms with Crippen LogP contribution in [0.3, 0.4) is 0 Å². The number of hydrogen-bond acceptors (Lipinski definition) is 4. The first kappa shape index (κ1) is 21.3. The Bertz CT molecular complexity index is 869. The molecule has 3 N–H and O–H groups in total. The number of para-hydroxylation sites is 1. The van der Waals surface area contributed by atoms with Gasteiger partial charge in [0.25, 0.3) is 0 Å². The Labute approximate surface area is 183 Å². The number of benzene rings is 2. The standard InChI is InChI=1S/C24H30N4O3/c29-21-15-22(28(17-21)24(31)26-19-9-5-2-6-10-19)23(30)25-20-11-13-27(14-12-20)16-18-7-3-1-4-8-18/h1-10,20-22,29H,11-17H2,(H,25,30)(H,26,31)/t21-,22+/m0/s1. The van der Waals surface area contributed by atoms with Gasteiger partial charge in [-0.3, -0.25) is 9.69 Å². The van der Waals surface area contributed by atoms with Gasteiger partial charge in [0, 0.05) is 44.3 Å². The van der Waals surface area contributed by atoms with Gasteiger partial charge in [0.05, 0.1) is 6.10 Å². The minimum absolute atomic E-state index is 0.0938. The maximum Gasteiger partial charge on any atom is 0.322 e.